The van der Waals surface area contributed by atoms with E-state index in [9.17, 15) is 0 Å². The van der Waals surface area contributed by atoms with Crippen LogP contribution in [-0.4, -0.2) is 23.1 Å². The van der Waals surface area contributed by atoms with Crippen molar-refractivity contribution in [3.63, 3.8) is 0 Å². The van der Waals surface area contributed by atoms with E-state index < -0.39 is 0 Å². The Morgan fingerprint density at radius 3 is 2.10 bits per heavy atom. The zero-order valence-electron chi connectivity index (χ0n) is 6.68. The predicted octanol–water partition coefficient (Wildman–Crippen LogP) is 2.97. The van der Waals surface area contributed by atoms with Crippen molar-refractivity contribution in [2.75, 3.05) is 0 Å². The molecule has 0 radical (unpaired) electrons. The normalized spacial score (nSPS) is 12.6. The van der Waals surface area contributed by atoms with Crippen molar-refractivity contribution in [3.05, 3.63) is 25.5 Å². The van der Waals surface area contributed by atoms with Gasteiger partial charge in [-0.3, -0.25) is 0 Å². The van der Waals surface area contributed by atoms with Gasteiger partial charge in [-0.2, -0.15) is 6.92 Å². The Morgan fingerprint density at radius 2 is 2.00 bits per heavy atom. The summed E-state index contributed by atoms with van der Waals surface area (Å²) in [5.41, 5.74) is 0. The molecule has 0 fully saturated rings. The van der Waals surface area contributed by atoms with Gasteiger partial charge in [0.25, 0.3) is 0 Å². The Labute approximate surface area is 91.4 Å². The SMILES string of the molecule is Br.C1=CCCC[CH-]1.[CH2-]C.[Mg+2]. The third-order valence-electron chi connectivity index (χ3n) is 1.01. The summed E-state index contributed by atoms with van der Waals surface area (Å²) in [5, 5.41) is 0. The van der Waals surface area contributed by atoms with Crippen LogP contribution in [0.1, 0.15) is 26.2 Å². The number of hydrogen-bond acceptors (Lipinski definition) is 0. The summed E-state index contributed by atoms with van der Waals surface area (Å²) in [6.45, 7) is 5.00. The Morgan fingerprint density at radius 1 is 1.40 bits per heavy atom. The van der Waals surface area contributed by atoms with E-state index in [1.54, 1.807) is 6.92 Å². The largest absolute Gasteiger partial charge is 2.00 e. The molecule has 0 atom stereocenters. The van der Waals surface area contributed by atoms with E-state index in [1.807, 2.05) is 0 Å². The van der Waals surface area contributed by atoms with Gasteiger partial charge >= 0.3 is 23.1 Å². The quantitative estimate of drug-likeness (QED) is 0.430. The minimum atomic E-state index is 0. The van der Waals surface area contributed by atoms with Crippen molar-refractivity contribution in [3.8, 4) is 0 Å². The Balaban J connectivity index is -0.000000114. The molecule has 0 aliphatic heterocycles. The molecule has 10 heavy (non-hydrogen) atoms. The molecule has 0 heterocycles. The molecule has 2 heteroatoms. The average Bonchev–Trinajstić information content (AvgIpc) is 1.96. The molecule has 0 unspecified atom stereocenters. The standard InChI is InChI=1S/C6H9.C2H5.BrH.Mg/c1-2-4-6-5-3-1;1-2;;/h1-3H,4-6H2;1H2,2H3;1H;/q2*-1;;+2. The molecule has 0 aromatic rings. The van der Waals surface area contributed by atoms with E-state index in [1.165, 1.54) is 19.3 Å². The molecular weight excluding hydrogens is 200 g/mol. The van der Waals surface area contributed by atoms with Crippen LogP contribution in [0, 0.1) is 13.3 Å². The van der Waals surface area contributed by atoms with Gasteiger partial charge in [0.2, 0.25) is 0 Å². The van der Waals surface area contributed by atoms with Crippen molar-refractivity contribution < 1.29 is 0 Å². The van der Waals surface area contributed by atoms with Crippen LogP contribution in [0.3, 0.4) is 0 Å². The Kier molecular flexibility index (Phi) is 28.1. The fraction of sp³-hybridized carbons (Fsp3) is 0.500. The summed E-state index contributed by atoms with van der Waals surface area (Å²) in [4.78, 5) is 0. The van der Waals surface area contributed by atoms with Crippen molar-refractivity contribution >= 4 is 40.0 Å². The topological polar surface area (TPSA) is 0 Å². The molecule has 1 aliphatic carbocycles. The van der Waals surface area contributed by atoms with E-state index in [0.717, 1.165) is 0 Å². The van der Waals surface area contributed by atoms with Crippen LogP contribution < -0.4 is 0 Å². The van der Waals surface area contributed by atoms with Gasteiger partial charge in [-0.05, 0) is 0 Å². The molecule has 0 N–H and O–H groups in total. The fourth-order valence-electron chi connectivity index (χ4n) is 0.642. The fourth-order valence-corrected chi connectivity index (χ4v) is 0.642. The first-order valence-corrected chi connectivity index (χ1v) is 3.19. The second kappa shape index (κ2) is 16.4. The average molecular weight is 215 g/mol. The van der Waals surface area contributed by atoms with Crippen LogP contribution in [0.25, 0.3) is 0 Å². The minimum absolute atomic E-state index is 0. The first-order valence-electron chi connectivity index (χ1n) is 3.19. The first-order chi connectivity index (χ1) is 4.00. The van der Waals surface area contributed by atoms with Crippen molar-refractivity contribution in [2.24, 2.45) is 0 Å². The van der Waals surface area contributed by atoms with Crippen molar-refractivity contribution in [1.29, 1.82) is 0 Å². The molecule has 0 saturated carbocycles. The predicted molar refractivity (Wildman–Crippen MR) is 54.4 cm³/mol. The van der Waals surface area contributed by atoms with Crippen molar-refractivity contribution in [2.45, 2.75) is 26.2 Å². The first kappa shape index (κ1) is 17.1. The van der Waals surface area contributed by atoms with Crippen LogP contribution in [0.15, 0.2) is 12.2 Å². The number of hydrogen-bond donors (Lipinski definition) is 0. The van der Waals surface area contributed by atoms with Gasteiger partial charge in [-0.1, -0.05) is 6.42 Å². The molecule has 0 nitrogen and oxygen atoms in total. The summed E-state index contributed by atoms with van der Waals surface area (Å²) in [5.74, 6) is 0. The van der Waals surface area contributed by atoms with E-state index in [4.69, 9.17) is 0 Å². The minimum Gasteiger partial charge on any atom is -0.346 e. The third-order valence-corrected chi connectivity index (χ3v) is 1.01. The molecule has 0 saturated heterocycles. The van der Waals surface area contributed by atoms with Gasteiger partial charge in [0.15, 0.2) is 0 Å². The smallest absolute Gasteiger partial charge is 0.346 e. The second-order valence-electron chi connectivity index (χ2n) is 1.59. The molecule has 0 amide bonds. The monoisotopic (exact) mass is 214 g/mol. The summed E-state index contributed by atoms with van der Waals surface area (Å²) in [7, 11) is 0. The molecule has 0 spiro atoms. The third kappa shape index (κ3) is 11.6. The molecular formula is C8H15BrMg. The number of rotatable bonds is 0. The van der Waals surface area contributed by atoms with E-state index in [2.05, 4.69) is 25.5 Å². The summed E-state index contributed by atoms with van der Waals surface area (Å²) in [6, 6.07) is 0. The molecule has 56 valence electrons. The van der Waals surface area contributed by atoms with Gasteiger partial charge in [0.05, 0.1) is 0 Å². The van der Waals surface area contributed by atoms with Crippen LogP contribution >= 0.6 is 17.0 Å². The van der Waals surface area contributed by atoms with Gasteiger partial charge in [0.1, 0.15) is 0 Å². The van der Waals surface area contributed by atoms with E-state index in [0.29, 0.717) is 0 Å². The number of halogens is 1. The second-order valence-corrected chi connectivity index (χ2v) is 1.59. The zero-order valence-corrected chi connectivity index (χ0v) is 9.80. The molecule has 1 aliphatic rings. The maximum absolute atomic E-state index is 3.25. The van der Waals surface area contributed by atoms with Crippen LogP contribution in [0.2, 0.25) is 0 Å². The van der Waals surface area contributed by atoms with E-state index >= 15 is 0 Å². The van der Waals surface area contributed by atoms with Gasteiger partial charge in [0, 0.05) is 0 Å². The van der Waals surface area contributed by atoms with Gasteiger partial charge < -0.3 is 6.92 Å². The van der Waals surface area contributed by atoms with Crippen LogP contribution in [0.5, 0.6) is 0 Å². The molecule has 0 aromatic heterocycles. The maximum atomic E-state index is 3.25. The van der Waals surface area contributed by atoms with E-state index in [-0.39, 0.29) is 40.0 Å². The molecule has 0 bridgehead atoms. The van der Waals surface area contributed by atoms with Gasteiger partial charge in [-0.15, -0.1) is 29.8 Å². The Bertz CT molecular complexity index is 54.3. The maximum Gasteiger partial charge on any atom is 2.00 e. The van der Waals surface area contributed by atoms with Crippen LogP contribution in [0.4, 0.5) is 0 Å². The number of allylic oxidation sites excluding steroid dienone is 2. The Hall–Kier alpha value is 0.856. The zero-order chi connectivity index (χ0) is 6.24. The van der Waals surface area contributed by atoms with Gasteiger partial charge in [-0.25, -0.2) is 18.6 Å². The summed E-state index contributed by atoms with van der Waals surface area (Å²) >= 11 is 0. The van der Waals surface area contributed by atoms with Crippen molar-refractivity contribution in [1.82, 2.24) is 0 Å². The van der Waals surface area contributed by atoms with Crippen LogP contribution in [-0.2, 0) is 0 Å². The molecule has 1 rings (SSSR count). The molecule has 0 aromatic carbocycles. The summed E-state index contributed by atoms with van der Waals surface area (Å²) < 4.78 is 0. The summed E-state index contributed by atoms with van der Waals surface area (Å²) in [6.07, 6.45) is 10.5.